The molecule has 2 rings (SSSR count). The van der Waals surface area contributed by atoms with Crippen LogP contribution in [0.15, 0.2) is 46.8 Å². The average molecular weight is 300 g/mol. The van der Waals surface area contributed by atoms with E-state index in [1.807, 2.05) is 0 Å². The standard InChI is InChI=1S/C15H16N4O3/c1-2-4-10-5-3-6-11(15(10)22)9-16-18-13(20)7-12-8-14(21)19-17-12/h2-3,5-6,8-9,22H,1,4,7H2,(H,18,20)(H2,17,19,21)/b16-9-. The number of nitrogens with zero attached hydrogens (tertiary/aromatic N) is 1. The number of rotatable bonds is 6. The van der Waals surface area contributed by atoms with Gasteiger partial charge in [-0.05, 0) is 18.1 Å². The Labute approximate surface area is 126 Å². The van der Waals surface area contributed by atoms with E-state index in [4.69, 9.17) is 0 Å². The second-order valence-electron chi connectivity index (χ2n) is 4.60. The number of nitrogens with one attached hydrogen (secondary N) is 3. The molecular weight excluding hydrogens is 284 g/mol. The summed E-state index contributed by atoms with van der Waals surface area (Å²) in [4.78, 5) is 22.5. The van der Waals surface area contributed by atoms with E-state index in [9.17, 15) is 14.7 Å². The van der Waals surface area contributed by atoms with Crippen molar-refractivity contribution in [2.75, 3.05) is 0 Å². The number of phenolic OH excluding ortho intramolecular Hbond substituents is 1. The van der Waals surface area contributed by atoms with Gasteiger partial charge in [0.15, 0.2) is 0 Å². The molecule has 1 aromatic heterocycles. The molecule has 0 aliphatic carbocycles. The number of aromatic nitrogens is 2. The van der Waals surface area contributed by atoms with Crippen molar-refractivity contribution in [3.63, 3.8) is 0 Å². The molecule has 0 aliphatic rings. The zero-order valence-corrected chi connectivity index (χ0v) is 11.8. The van der Waals surface area contributed by atoms with E-state index < -0.39 is 0 Å². The molecule has 7 heteroatoms. The van der Waals surface area contributed by atoms with Gasteiger partial charge in [-0.25, -0.2) is 5.43 Å². The van der Waals surface area contributed by atoms with Crippen LogP contribution in [0.1, 0.15) is 16.8 Å². The number of allylic oxidation sites excluding steroid dienone is 1. The van der Waals surface area contributed by atoms with Crippen molar-refractivity contribution in [3.8, 4) is 5.75 Å². The molecule has 0 fully saturated rings. The fourth-order valence-corrected chi connectivity index (χ4v) is 1.89. The van der Waals surface area contributed by atoms with Crippen molar-refractivity contribution in [2.24, 2.45) is 5.10 Å². The molecule has 22 heavy (non-hydrogen) atoms. The highest BCUT2D eigenvalue weighted by Gasteiger charge is 2.05. The topological polar surface area (TPSA) is 110 Å². The number of hydrogen-bond acceptors (Lipinski definition) is 4. The first-order valence-corrected chi connectivity index (χ1v) is 6.60. The number of carbonyl (C=O) groups excluding carboxylic acids is 1. The zero-order valence-electron chi connectivity index (χ0n) is 11.8. The van der Waals surface area contributed by atoms with E-state index in [0.29, 0.717) is 17.7 Å². The van der Waals surface area contributed by atoms with Gasteiger partial charge in [0, 0.05) is 17.3 Å². The molecular formula is C15H16N4O3. The summed E-state index contributed by atoms with van der Waals surface area (Å²) in [7, 11) is 0. The van der Waals surface area contributed by atoms with Crippen LogP contribution in [-0.4, -0.2) is 27.4 Å². The molecule has 0 bridgehead atoms. The van der Waals surface area contributed by atoms with Crippen LogP contribution in [0.25, 0.3) is 0 Å². The van der Waals surface area contributed by atoms with Crippen LogP contribution in [0.2, 0.25) is 0 Å². The lowest BCUT2D eigenvalue weighted by Crippen LogP contribution is -2.20. The molecule has 0 aliphatic heterocycles. The third kappa shape index (κ3) is 3.95. The van der Waals surface area contributed by atoms with Crippen molar-refractivity contribution < 1.29 is 9.90 Å². The number of amides is 1. The maximum Gasteiger partial charge on any atom is 0.264 e. The van der Waals surface area contributed by atoms with Crippen molar-refractivity contribution >= 4 is 12.1 Å². The summed E-state index contributed by atoms with van der Waals surface area (Å²) in [6.45, 7) is 3.62. The number of aromatic amines is 2. The fraction of sp³-hybridized carbons (Fsp3) is 0.133. The van der Waals surface area contributed by atoms with Crippen LogP contribution in [0.3, 0.4) is 0 Å². The third-order valence-corrected chi connectivity index (χ3v) is 2.91. The second kappa shape index (κ2) is 7.07. The monoisotopic (exact) mass is 300 g/mol. The molecule has 0 saturated heterocycles. The number of carbonyl (C=O) groups is 1. The maximum atomic E-state index is 11.6. The van der Waals surface area contributed by atoms with Gasteiger partial charge in [0.05, 0.1) is 12.6 Å². The molecule has 0 spiro atoms. The lowest BCUT2D eigenvalue weighted by molar-refractivity contribution is -0.120. The first-order valence-electron chi connectivity index (χ1n) is 6.60. The van der Waals surface area contributed by atoms with Gasteiger partial charge in [0.1, 0.15) is 5.75 Å². The largest absolute Gasteiger partial charge is 0.507 e. The van der Waals surface area contributed by atoms with Gasteiger partial charge in [-0.3, -0.25) is 14.7 Å². The minimum absolute atomic E-state index is 0.00142. The lowest BCUT2D eigenvalue weighted by Gasteiger charge is -2.04. The van der Waals surface area contributed by atoms with Crippen molar-refractivity contribution in [2.45, 2.75) is 12.8 Å². The number of hydrogen-bond donors (Lipinski definition) is 4. The Bertz CT molecular complexity index is 758. The van der Waals surface area contributed by atoms with Gasteiger partial charge in [0.2, 0.25) is 5.91 Å². The molecule has 1 amide bonds. The Balaban J connectivity index is 1.97. The summed E-state index contributed by atoms with van der Waals surface area (Å²) in [5, 5.41) is 18.7. The fourth-order valence-electron chi connectivity index (χ4n) is 1.89. The Morgan fingerprint density at radius 1 is 1.41 bits per heavy atom. The van der Waals surface area contributed by atoms with Gasteiger partial charge in [-0.15, -0.1) is 6.58 Å². The van der Waals surface area contributed by atoms with E-state index in [-0.39, 0.29) is 23.6 Å². The van der Waals surface area contributed by atoms with Crippen LogP contribution < -0.4 is 11.0 Å². The van der Waals surface area contributed by atoms with Crippen LogP contribution in [0.4, 0.5) is 0 Å². The predicted octanol–water partition coefficient (Wildman–Crippen LogP) is 0.830. The molecule has 1 aromatic carbocycles. The maximum absolute atomic E-state index is 11.6. The summed E-state index contributed by atoms with van der Waals surface area (Å²) in [6.07, 6.45) is 3.59. The number of benzene rings is 1. The number of para-hydroxylation sites is 1. The van der Waals surface area contributed by atoms with Gasteiger partial charge < -0.3 is 10.2 Å². The van der Waals surface area contributed by atoms with Crippen LogP contribution in [0, 0.1) is 0 Å². The summed E-state index contributed by atoms with van der Waals surface area (Å²) >= 11 is 0. The highest BCUT2D eigenvalue weighted by Crippen LogP contribution is 2.21. The Kier molecular flexibility index (Phi) is 4.92. The average Bonchev–Trinajstić information content (AvgIpc) is 2.88. The summed E-state index contributed by atoms with van der Waals surface area (Å²) in [6, 6.07) is 6.55. The first-order chi connectivity index (χ1) is 10.6. The Morgan fingerprint density at radius 2 is 2.23 bits per heavy atom. The van der Waals surface area contributed by atoms with Crippen LogP contribution >= 0.6 is 0 Å². The minimum Gasteiger partial charge on any atom is -0.507 e. The molecule has 114 valence electrons. The molecule has 7 nitrogen and oxygen atoms in total. The SMILES string of the molecule is C=CCc1cccc(/C=N\NC(=O)Cc2cc(=O)[nH][nH]2)c1O. The Hall–Kier alpha value is -3.09. The number of aromatic hydroxyl groups is 1. The normalized spacial score (nSPS) is 10.7. The molecule has 1 heterocycles. The highest BCUT2D eigenvalue weighted by atomic mass is 16.3. The van der Waals surface area contributed by atoms with Crippen molar-refractivity contribution in [1.29, 1.82) is 0 Å². The van der Waals surface area contributed by atoms with Crippen LogP contribution in [0.5, 0.6) is 5.75 Å². The van der Waals surface area contributed by atoms with Gasteiger partial charge in [-0.2, -0.15) is 5.10 Å². The number of hydrazone groups is 1. The van der Waals surface area contributed by atoms with E-state index >= 15 is 0 Å². The van der Waals surface area contributed by atoms with E-state index in [2.05, 4.69) is 27.3 Å². The summed E-state index contributed by atoms with van der Waals surface area (Å²) < 4.78 is 0. The molecule has 2 aromatic rings. The quantitative estimate of drug-likeness (QED) is 0.360. The van der Waals surface area contributed by atoms with E-state index in [0.717, 1.165) is 5.56 Å². The van der Waals surface area contributed by atoms with Crippen molar-refractivity contribution in [3.05, 3.63) is 64.1 Å². The number of phenols is 1. The third-order valence-electron chi connectivity index (χ3n) is 2.91. The van der Waals surface area contributed by atoms with Gasteiger partial charge in [0.25, 0.3) is 5.56 Å². The van der Waals surface area contributed by atoms with Gasteiger partial charge in [-0.1, -0.05) is 18.2 Å². The summed E-state index contributed by atoms with van der Waals surface area (Å²) in [5.41, 5.74) is 3.73. The number of H-pyrrole nitrogens is 2. The molecule has 0 unspecified atom stereocenters. The lowest BCUT2D eigenvalue weighted by atomic mass is 10.1. The van der Waals surface area contributed by atoms with Crippen LogP contribution in [-0.2, 0) is 17.6 Å². The second-order valence-corrected chi connectivity index (χ2v) is 4.60. The highest BCUT2D eigenvalue weighted by molar-refractivity contribution is 5.86. The minimum atomic E-state index is -0.381. The molecule has 0 atom stereocenters. The first kappa shape index (κ1) is 15.3. The Morgan fingerprint density at radius 3 is 2.91 bits per heavy atom. The van der Waals surface area contributed by atoms with E-state index in [1.54, 1.807) is 24.3 Å². The van der Waals surface area contributed by atoms with Crippen molar-refractivity contribution in [1.82, 2.24) is 15.6 Å². The van der Waals surface area contributed by atoms with E-state index in [1.165, 1.54) is 12.3 Å². The predicted molar refractivity (Wildman–Crippen MR) is 82.9 cm³/mol. The zero-order chi connectivity index (χ0) is 15.9. The summed E-state index contributed by atoms with van der Waals surface area (Å²) in [5.74, 6) is -0.274. The molecule has 4 N–H and O–H groups in total. The van der Waals surface area contributed by atoms with Gasteiger partial charge >= 0.3 is 0 Å². The molecule has 0 radical (unpaired) electrons. The molecule has 0 saturated carbocycles. The smallest absolute Gasteiger partial charge is 0.264 e.